The number of carboxylic acid groups (broad SMARTS) is 1. The second kappa shape index (κ2) is 6.01. The fraction of sp³-hybridized carbons (Fsp3) is 0.375. The summed E-state index contributed by atoms with van der Waals surface area (Å²) in [6, 6.07) is 1.60. The Kier molecular flexibility index (Phi) is 4.65. The fourth-order valence-electron chi connectivity index (χ4n) is 0.985. The molecule has 1 heterocycles. The zero-order valence-corrected chi connectivity index (χ0v) is 9.54. The Labute approximate surface area is 96.8 Å². The Morgan fingerprint density at radius 1 is 1.56 bits per heavy atom. The third-order valence-electron chi connectivity index (χ3n) is 1.62. The van der Waals surface area contributed by atoms with E-state index in [9.17, 15) is 4.79 Å². The van der Waals surface area contributed by atoms with Crippen LogP contribution in [0.4, 0.5) is 16.4 Å². The van der Waals surface area contributed by atoms with Crippen LogP contribution in [-0.4, -0.2) is 40.5 Å². The molecule has 1 aromatic heterocycles. The molecule has 0 spiro atoms. The van der Waals surface area contributed by atoms with Gasteiger partial charge in [0.05, 0.1) is 0 Å². The maximum Gasteiger partial charge on any atom is 0.404 e. The van der Waals surface area contributed by atoms with Gasteiger partial charge in [0.15, 0.2) is 5.16 Å². The Hall–Kier alpha value is -1.70. The van der Waals surface area contributed by atoms with E-state index in [1.807, 2.05) is 6.26 Å². The number of nitrogen functional groups attached to an aromatic ring is 1. The highest BCUT2D eigenvalue weighted by molar-refractivity contribution is 7.98. The minimum absolute atomic E-state index is 0.299. The molecule has 16 heavy (non-hydrogen) atoms. The van der Waals surface area contributed by atoms with Gasteiger partial charge < -0.3 is 21.5 Å². The molecule has 1 rings (SSSR count). The van der Waals surface area contributed by atoms with Crippen molar-refractivity contribution in [3.05, 3.63) is 6.07 Å². The van der Waals surface area contributed by atoms with Crippen molar-refractivity contribution in [1.29, 1.82) is 0 Å². The van der Waals surface area contributed by atoms with Crippen LogP contribution < -0.4 is 16.4 Å². The number of nitrogens with one attached hydrogen (secondary N) is 2. The van der Waals surface area contributed by atoms with Gasteiger partial charge in [-0.2, -0.15) is 0 Å². The molecule has 8 heteroatoms. The van der Waals surface area contributed by atoms with Gasteiger partial charge in [0.1, 0.15) is 11.6 Å². The standard InChI is InChI=1S/C8H13N5O2S/c1-16-7-12-5(9)4-6(13-7)10-2-3-11-8(14)15/h4,11H,2-3H2,1H3,(H,14,15)(H3,9,10,12,13). The molecule has 0 saturated carbocycles. The van der Waals surface area contributed by atoms with Crippen LogP contribution in [0.15, 0.2) is 11.2 Å². The highest BCUT2D eigenvalue weighted by Gasteiger charge is 2.01. The summed E-state index contributed by atoms with van der Waals surface area (Å²) in [7, 11) is 0. The molecular weight excluding hydrogens is 230 g/mol. The number of nitrogens with zero attached hydrogens (tertiary/aromatic N) is 2. The lowest BCUT2D eigenvalue weighted by Gasteiger charge is -2.07. The van der Waals surface area contributed by atoms with Gasteiger partial charge in [-0.1, -0.05) is 11.8 Å². The summed E-state index contributed by atoms with van der Waals surface area (Å²) in [6.45, 7) is 0.740. The molecule has 0 atom stereocenters. The zero-order chi connectivity index (χ0) is 12.0. The topological polar surface area (TPSA) is 113 Å². The number of anilines is 2. The molecule has 5 N–H and O–H groups in total. The van der Waals surface area contributed by atoms with Crippen LogP contribution in [0.2, 0.25) is 0 Å². The lowest BCUT2D eigenvalue weighted by atomic mass is 10.5. The summed E-state index contributed by atoms with van der Waals surface area (Å²) >= 11 is 1.39. The SMILES string of the molecule is CSc1nc(N)cc(NCCNC(=O)O)n1. The van der Waals surface area contributed by atoms with Gasteiger partial charge in [0, 0.05) is 19.2 Å². The first kappa shape index (κ1) is 12.4. The smallest absolute Gasteiger partial charge is 0.404 e. The van der Waals surface area contributed by atoms with Crippen molar-refractivity contribution in [1.82, 2.24) is 15.3 Å². The first-order chi connectivity index (χ1) is 7.61. The summed E-state index contributed by atoms with van der Waals surface area (Å²) < 4.78 is 0. The molecule has 0 saturated heterocycles. The summed E-state index contributed by atoms with van der Waals surface area (Å²) in [5.41, 5.74) is 5.57. The maximum atomic E-state index is 10.2. The highest BCUT2D eigenvalue weighted by atomic mass is 32.2. The number of nitrogens with two attached hydrogens (primary N) is 1. The average molecular weight is 243 g/mol. The first-order valence-electron chi connectivity index (χ1n) is 4.51. The molecule has 0 aliphatic heterocycles. The van der Waals surface area contributed by atoms with Crippen LogP contribution in [0.1, 0.15) is 0 Å². The van der Waals surface area contributed by atoms with Crippen molar-refractivity contribution in [2.45, 2.75) is 5.16 Å². The van der Waals surface area contributed by atoms with Gasteiger partial charge in [-0.25, -0.2) is 14.8 Å². The zero-order valence-electron chi connectivity index (χ0n) is 8.73. The molecule has 0 aliphatic rings. The Morgan fingerprint density at radius 2 is 2.31 bits per heavy atom. The quantitative estimate of drug-likeness (QED) is 0.337. The third kappa shape index (κ3) is 4.22. The van der Waals surface area contributed by atoms with E-state index in [-0.39, 0.29) is 0 Å². The van der Waals surface area contributed by atoms with E-state index >= 15 is 0 Å². The summed E-state index contributed by atoms with van der Waals surface area (Å²) in [5.74, 6) is 0.970. The molecule has 7 nitrogen and oxygen atoms in total. The molecule has 0 fully saturated rings. The van der Waals surface area contributed by atoms with Crippen molar-refractivity contribution in [3.63, 3.8) is 0 Å². The molecule has 88 valence electrons. The number of thioether (sulfide) groups is 1. The second-order valence-electron chi connectivity index (χ2n) is 2.82. The molecule has 0 aliphatic carbocycles. The van der Waals surface area contributed by atoms with Crippen LogP contribution >= 0.6 is 11.8 Å². The molecular formula is C8H13N5O2S. The van der Waals surface area contributed by atoms with E-state index < -0.39 is 6.09 Å². The number of carbonyl (C=O) groups is 1. The predicted molar refractivity (Wildman–Crippen MR) is 62.7 cm³/mol. The van der Waals surface area contributed by atoms with Crippen LogP contribution in [0.3, 0.4) is 0 Å². The molecule has 0 bridgehead atoms. The number of hydrogen-bond acceptors (Lipinski definition) is 6. The van der Waals surface area contributed by atoms with Crippen molar-refractivity contribution < 1.29 is 9.90 Å². The van der Waals surface area contributed by atoms with Crippen molar-refractivity contribution in [2.75, 3.05) is 30.4 Å². The van der Waals surface area contributed by atoms with E-state index in [0.717, 1.165) is 0 Å². The number of rotatable bonds is 5. The molecule has 1 aromatic rings. The Bertz CT molecular complexity index is 373. The highest BCUT2D eigenvalue weighted by Crippen LogP contribution is 2.14. The summed E-state index contributed by atoms with van der Waals surface area (Å²) in [5, 5.41) is 14.1. The van der Waals surface area contributed by atoms with Gasteiger partial charge >= 0.3 is 6.09 Å². The molecule has 0 aromatic carbocycles. The molecule has 1 amide bonds. The van der Waals surface area contributed by atoms with E-state index in [2.05, 4.69) is 20.6 Å². The minimum atomic E-state index is -1.05. The molecule has 0 unspecified atom stereocenters. The lowest BCUT2D eigenvalue weighted by molar-refractivity contribution is 0.195. The third-order valence-corrected chi connectivity index (χ3v) is 2.16. The van der Waals surface area contributed by atoms with E-state index in [0.29, 0.717) is 29.9 Å². The number of aromatic nitrogens is 2. The van der Waals surface area contributed by atoms with Crippen LogP contribution in [0.25, 0.3) is 0 Å². The van der Waals surface area contributed by atoms with E-state index in [4.69, 9.17) is 10.8 Å². The van der Waals surface area contributed by atoms with Crippen LogP contribution in [0.5, 0.6) is 0 Å². The Balaban J connectivity index is 2.47. The normalized spacial score (nSPS) is 9.81. The van der Waals surface area contributed by atoms with Crippen molar-refractivity contribution in [3.8, 4) is 0 Å². The maximum absolute atomic E-state index is 10.2. The van der Waals surface area contributed by atoms with Crippen molar-refractivity contribution >= 4 is 29.5 Å². The second-order valence-corrected chi connectivity index (χ2v) is 3.60. The Morgan fingerprint density at radius 3 is 2.94 bits per heavy atom. The van der Waals surface area contributed by atoms with Gasteiger partial charge in [0.2, 0.25) is 0 Å². The van der Waals surface area contributed by atoms with Crippen LogP contribution in [0, 0.1) is 0 Å². The predicted octanol–water partition coefficient (Wildman–Crippen LogP) is 0.460. The minimum Gasteiger partial charge on any atom is -0.465 e. The first-order valence-corrected chi connectivity index (χ1v) is 5.73. The van der Waals surface area contributed by atoms with Gasteiger partial charge in [-0.3, -0.25) is 0 Å². The summed E-state index contributed by atoms with van der Waals surface area (Å²) in [4.78, 5) is 18.3. The largest absolute Gasteiger partial charge is 0.465 e. The summed E-state index contributed by atoms with van der Waals surface area (Å²) in [6.07, 6.45) is 0.804. The lowest BCUT2D eigenvalue weighted by Crippen LogP contribution is -2.27. The number of amides is 1. The fourth-order valence-corrected chi connectivity index (χ4v) is 1.37. The van der Waals surface area contributed by atoms with E-state index in [1.54, 1.807) is 6.07 Å². The van der Waals surface area contributed by atoms with Crippen molar-refractivity contribution in [2.24, 2.45) is 0 Å². The average Bonchev–Trinajstić information content (AvgIpc) is 2.23. The van der Waals surface area contributed by atoms with Gasteiger partial charge in [0.25, 0.3) is 0 Å². The number of hydrogen-bond donors (Lipinski definition) is 4. The van der Waals surface area contributed by atoms with Gasteiger partial charge in [-0.05, 0) is 6.26 Å². The molecule has 0 radical (unpaired) electrons. The van der Waals surface area contributed by atoms with Crippen LogP contribution in [-0.2, 0) is 0 Å². The van der Waals surface area contributed by atoms with Gasteiger partial charge in [-0.15, -0.1) is 0 Å². The van der Waals surface area contributed by atoms with E-state index in [1.165, 1.54) is 11.8 Å². The monoisotopic (exact) mass is 243 g/mol.